The maximum absolute atomic E-state index is 12.8. The molecule has 0 saturated heterocycles. The molecule has 0 aliphatic heterocycles. The molecule has 0 spiro atoms. The third-order valence-electron chi connectivity index (χ3n) is 3.15. The Kier molecular flexibility index (Phi) is 4.32. The van der Waals surface area contributed by atoms with Crippen LogP contribution >= 0.6 is 15.9 Å². The molecule has 1 aromatic heterocycles. The monoisotopic (exact) mass is 442 g/mol. The van der Waals surface area contributed by atoms with Crippen LogP contribution in [0.4, 0.5) is 0 Å². The van der Waals surface area contributed by atoms with Gasteiger partial charge in [0.15, 0.2) is 0 Å². The van der Waals surface area contributed by atoms with Crippen molar-refractivity contribution in [2.75, 3.05) is 0 Å². The standard InChI is InChI=1S/C15H11BrN2O2SSe/c1-10-2-8-13(9-3-10)21(19,20)15-14(17-18-22-15)11-4-6-12(16)7-5-11/h2-9H,1H3. The number of hydrogen-bond donors (Lipinski definition) is 0. The zero-order valence-corrected chi connectivity index (χ0v) is 15.6. The van der Waals surface area contributed by atoms with Gasteiger partial charge in [-0.25, -0.2) is 0 Å². The molecule has 4 nitrogen and oxygen atoms in total. The molecule has 0 N–H and O–H groups in total. The number of aryl methyl sites for hydroxylation is 1. The topological polar surface area (TPSA) is 59.9 Å². The summed E-state index contributed by atoms with van der Waals surface area (Å²) in [6.07, 6.45) is 0. The van der Waals surface area contributed by atoms with Gasteiger partial charge in [-0.15, -0.1) is 0 Å². The summed E-state index contributed by atoms with van der Waals surface area (Å²) < 4.78 is 30.9. The molecule has 0 radical (unpaired) electrons. The summed E-state index contributed by atoms with van der Waals surface area (Å²) in [6, 6.07) is 14.2. The molecule has 3 aromatic rings. The summed E-state index contributed by atoms with van der Waals surface area (Å²) in [4.78, 5) is 0.289. The second-order valence-electron chi connectivity index (χ2n) is 4.73. The molecule has 22 heavy (non-hydrogen) atoms. The van der Waals surface area contributed by atoms with Crippen LogP contribution in [-0.2, 0) is 9.84 Å². The van der Waals surface area contributed by atoms with Crippen LogP contribution in [0.15, 0.2) is 61.7 Å². The van der Waals surface area contributed by atoms with Gasteiger partial charge in [0.05, 0.1) is 0 Å². The first kappa shape index (κ1) is 15.6. The van der Waals surface area contributed by atoms with Crippen molar-refractivity contribution in [1.82, 2.24) is 9.19 Å². The number of rotatable bonds is 3. The Morgan fingerprint density at radius 1 is 1.00 bits per heavy atom. The van der Waals surface area contributed by atoms with Crippen LogP contribution in [0.5, 0.6) is 0 Å². The number of hydrogen-bond acceptors (Lipinski definition) is 4. The van der Waals surface area contributed by atoms with E-state index in [1.165, 1.54) is 0 Å². The number of aromatic nitrogens is 2. The quantitative estimate of drug-likeness (QED) is 0.586. The van der Waals surface area contributed by atoms with Gasteiger partial charge in [-0.1, -0.05) is 0 Å². The molecule has 0 aliphatic carbocycles. The molecule has 1 heterocycles. The predicted octanol–water partition coefficient (Wildman–Crippen LogP) is 3.10. The summed E-state index contributed by atoms with van der Waals surface area (Å²) in [6.45, 7) is 1.92. The van der Waals surface area contributed by atoms with Gasteiger partial charge in [-0.3, -0.25) is 0 Å². The number of sulfone groups is 1. The van der Waals surface area contributed by atoms with E-state index in [4.69, 9.17) is 0 Å². The van der Waals surface area contributed by atoms with Gasteiger partial charge in [0, 0.05) is 0 Å². The van der Waals surface area contributed by atoms with Crippen LogP contribution in [0.3, 0.4) is 0 Å². The fraction of sp³-hybridized carbons (Fsp3) is 0.0667. The molecule has 3 rings (SSSR count). The van der Waals surface area contributed by atoms with E-state index in [0.717, 1.165) is 15.6 Å². The molecule has 0 unspecified atom stereocenters. The molecule has 0 aliphatic rings. The number of halogens is 1. The Morgan fingerprint density at radius 2 is 1.64 bits per heavy atom. The predicted molar refractivity (Wildman–Crippen MR) is 88.7 cm³/mol. The average molecular weight is 442 g/mol. The minimum atomic E-state index is -3.55. The Hall–Kier alpha value is -1.27. The molecule has 7 heteroatoms. The van der Waals surface area contributed by atoms with Crippen molar-refractivity contribution in [3.05, 3.63) is 58.6 Å². The van der Waals surface area contributed by atoms with Crippen molar-refractivity contribution < 1.29 is 8.42 Å². The molecule has 0 atom stereocenters. The van der Waals surface area contributed by atoms with Crippen LogP contribution < -0.4 is 0 Å². The van der Waals surface area contributed by atoms with Crippen molar-refractivity contribution >= 4 is 40.5 Å². The molecular weight excluding hydrogens is 431 g/mol. The molecule has 2 aromatic carbocycles. The van der Waals surface area contributed by atoms with Crippen LogP contribution in [0.1, 0.15) is 5.56 Å². The summed E-state index contributed by atoms with van der Waals surface area (Å²) >= 11 is 2.85. The maximum atomic E-state index is 12.8. The Balaban J connectivity index is 2.11. The normalized spacial score (nSPS) is 11.5. The zero-order valence-electron chi connectivity index (χ0n) is 11.5. The molecule has 0 amide bonds. The Morgan fingerprint density at radius 3 is 2.27 bits per heavy atom. The van der Waals surface area contributed by atoms with Crippen molar-refractivity contribution in [3.63, 3.8) is 0 Å². The van der Waals surface area contributed by atoms with Gasteiger partial charge in [-0.2, -0.15) is 0 Å². The van der Waals surface area contributed by atoms with E-state index in [1.54, 1.807) is 24.3 Å². The molecular formula is C15H11BrN2O2SSe. The van der Waals surface area contributed by atoms with E-state index >= 15 is 0 Å². The summed E-state index contributed by atoms with van der Waals surface area (Å²) in [5.41, 5.74) is 2.23. The van der Waals surface area contributed by atoms with Gasteiger partial charge in [0.1, 0.15) is 0 Å². The number of benzene rings is 2. The van der Waals surface area contributed by atoms with Gasteiger partial charge in [-0.05, 0) is 0 Å². The van der Waals surface area contributed by atoms with Crippen molar-refractivity contribution in [1.29, 1.82) is 0 Å². The fourth-order valence-electron chi connectivity index (χ4n) is 1.97. The second kappa shape index (κ2) is 6.08. The van der Waals surface area contributed by atoms with E-state index < -0.39 is 24.6 Å². The summed E-state index contributed by atoms with van der Waals surface area (Å²) in [5, 5.41) is 4.06. The molecule has 112 valence electrons. The van der Waals surface area contributed by atoms with E-state index in [-0.39, 0.29) is 4.90 Å². The Bertz CT molecular complexity index is 903. The van der Waals surface area contributed by atoms with Crippen LogP contribution in [0.2, 0.25) is 0 Å². The van der Waals surface area contributed by atoms with Gasteiger partial charge < -0.3 is 0 Å². The van der Waals surface area contributed by atoms with Gasteiger partial charge in [0.2, 0.25) is 0 Å². The first-order chi connectivity index (χ1) is 10.5. The fourth-order valence-corrected chi connectivity index (χ4v) is 5.77. The number of nitrogens with zero attached hydrogens (tertiary/aromatic N) is 2. The molecule has 0 saturated carbocycles. The zero-order chi connectivity index (χ0) is 15.7. The minimum absolute atomic E-state index is 0.289. The summed E-state index contributed by atoms with van der Waals surface area (Å²) in [7, 11) is -3.55. The van der Waals surface area contributed by atoms with Gasteiger partial charge in [0.25, 0.3) is 0 Å². The molecule has 0 fully saturated rings. The SMILES string of the molecule is Cc1ccc(S(=O)(=O)c2[se]nnc2-c2ccc(Br)cc2)cc1. The second-order valence-corrected chi connectivity index (χ2v) is 9.70. The first-order valence-electron chi connectivity index (χ1n) is 6.38. The van der Waals surface area contributed by atoms with E-state index in [2.05, 4.69) is 25.1 Å². The van der Waals surface area contributed by atoms with E-state index in [0.29, 0.717) is 9.46 Å². The summed E-state index contributed by atoms with van der Waals surface area (Å²) in [5.74, 6) is 0. The average Bonchev–Trinajstić information content (AvgIpc) is 2.99. The van der Waals surface area contributed by atoms with Crippen LogP contribution in [-0.4, -0.2) is 32.3 Å². The van der Waals surface area contributed by atoms with Crippen molar-refractivity contribution in [2.24, 2.45) is 0 Å². The van der Waals surface area contributed by atoms with Crippen molar-refractivity contribution in [2.45, 2.75) is 15.6 Å². The third-order valence-corrected chi connectivity index (χ3v) is 8.12. The van der Waals surface area contributed by atoms with Gasteiger partial charge >= 0.3 is 144 Å². The van der Waals surface area contributed by atoms with Crippen LogP contribution in [0, 0.1) is 6.92 Å². The van der Waals surface area contributed by atoms with E-state index in [9.17, 15) is 8.42 Å². The molecule has 0 bridgehead atoms. The third kappa shape index (κ3) is 2.94. The Labute approximate surface area is 143 Å². The first-order valence-corrected chi connectivity index (χ1v) is 10.3. The van der Waals surface area contributed by atoms with Crippen LogP contribution in [0.25, 0.3) is 11.3 Å². The van der Waals surface area contributed by atoms with Crippen molar-refractivity contribution in [3.8, 4) is 11.3 Å². The van der Waals surface area contributed by atoms with E-state index in [1.807, 2.05) is 31.2 Å².